The van der Waals surface area contributed by atoms with Crippen LogP contribution < -0.4 is 0 Å². The average Bonchev–Trinajstić information content (AvgIpc) is 2.03. The fourth-order valence-electron chi connectivity index (χ4n) is 0.897. The summed E-state index contributed by atoms with van der Waals surface area (Å²) in [5.74, 6) is 0. The molecule has 1 aromatic heterocycles. The third kappa shape index (κ3) is 2.55. The van der Waals surface area contributed by atoms with Crippen LogP contribution in [0.3, 0.4) is 0 Å². The summed E-state index contributed by atoms with van der Waals surface area (Å²) in [7, 11) is 0. The first-order valence-electron chi connectivity index (χ1n) is 3.66. The first kappa shape index (κ1) is 10.7. The number of alkyl halides is 3. The van der Waals surface area contributed by atoms with Gasteiger partial charge in [0.2, 0.25) is 0 Å². The molecule has 0 aliphatic rings. The Balaban J connectivity index is 3.14. The van der Waals surface area contributed by atoms with Gasteiger partial charge in [0.15, 0.2) is 0 Å². The van der Waals surface area contributed by atoms with E-state index >= 15 is 0 Å². The van der Waals surface area contributed by atoms with Crippen LogP contribution in [0.5, 0.6) is 0 Å². The van der Waals surface area contributed by atoms with Crippen molar-refractivity contribution in [3.63, 3.8) is 0 Å². The average molecular weight is 301 g/mol. The lowest BCUT2D eigenvalue weighted by molar-refractivity contribution is -0.137. The monoisotopic (exact) mass is 301 g/mol. The zero-order chi connectivity index (χ0) is 10.1. The van der Waals surface area contributed by atoms with Gasteiger partial charge in [0, 0.05) is 6.20 Å². The standard InChI is InChI=1S/C8H7F3IN/c1-2-5-3-6(8(9,10)11)4-13-7(5)12/h3-4H,2H2,1H3. The summed E-state index contributed by atoms with van der Waals surface area (Å²) in [5.41, 5.74) is -0.0415. The van der Waals surface area contributed by atoms with Gasteiger partial charge in [0.05, 0.1) is 5.56 Å². The van der Waals surface area contributed by atoms with E-state index in [1.807, 2.05) is 22.6 Å². The lowest BCUT2D eigenvalue weighted by Crippen LogP contribution is -2.07. The first-order chi connectivity index (χ1) is 5.95. The van der Waals surface area contributed by atoms with Gasteiger partial charge in [0.1, 0.15) is 3.70 Å². The van der Waals surface area contributed by atoms with E-state index in [2.05, 4.69) is 4.98 Å². The molecule has 1 rings (SSSR count). The topological polar surface area (TPSA) is 12.9 Å². The van der Waals surface area contributed by atoms with Gasteiger partial charge in [-0.25, -0.2) is 4.98 Å². The molecule has 0 unspecified atom stereocenters. The van der Waals surface area contributed by atoms with Crippen LogP contribution in [0.2, 0.25) is 0 Å². The maximum atomic E-state index is 12.2. The Labute approximate surface area is 87.5 Å². The summed E-state index contributed by atoms with van der Waals surface area (Å²) in [6.45, 7) is 1.80. The van der Waals surface area contributed by atoms with Gasteiger partial charge in [0.25, 0.3) is 0 Å². The predicted molar refractivity (Wildman–Crippen MR) is 51.3 cm³/mol. The van der Waals surface area contributed by atoms with Crippen LogP contribution in [-0.4, -0.2) is 4.98 Å². The van der Waals surface area contributed by atoms with Gasteiger partial charge >= 0.3 is 6.18 Å². The highest BCUT2D eigenvalue weighted by atomic mass is 127. The van der Waals surface area contributed by atoms with Crippen molar-refractivity contribution >= 4 is 22.6 Å². The molecule has 1 nitrogen and oxygen atoms in total. The van der Waals surface area contributed by atoms with Crippen LogP contribution in [0.4, 0.5) is 13.2 Å². The number of rotatable bonds is 1. The van der Waals surface area contributed by atoms with E-state index in [9.17, 15) is 13.2 Å². The fraction of sp³-hybridized carbons (Fsp3) is 0.375. The molecule has 0 spiro atoms. The van der Waals surface area contributed by atoms with Crippen LogP contribution in [0, 0.1) is 3.70 Å². The third-order valence-corrected chi connectivity index (χ3v) is 2.59. The molecule has 5 heteroatoms. The van der Waals surface area contributed by atoms with Crippen LogP contribution in [-0.2, 0) is 12.6 Å². The second-order valence-corrected chi connectivity index (χ2v) is 3.55. The molecular weight excluding hydrogens is 294 g/mol. The third-order valence-electron chi connectivity index (χ3n) is 1.62. The minimum atomic E-state index is -4.29. The van der Waals surface area contributed by atoms with Crippen molar-refractivity contribution < 1.29 is 13.2 Å². The van der Waals surface area contributed by atoms with Crippen molar-refractivity contribution in [3.05, 3.63) is 27.1 Å². The van der Waals surface area contributed by atoms with Crippen molar-refractivity contribution in [2.45, 2.75) is 19.5 Å². The van der Waals surface area contributed by atoms with Crippen molar-refractivity contribution in [3.8, 4) is 0 Å². The lowest BCUT2D eigenvalue weighted by Gasteiger charge is -2.08. The van der Waals surface area contributed by atoms with Crippen molar-refractivity contribution in [2.24, 2.45) is 0 Å². The predicted octanol–water partition coefficient (Wildman–Crippen LogP) is 3.27. The molecule has 0 fully saturated rings. The van der Waals surface area contributed by atoms with Gasteiger partial charge in [-0.05, 0) is 40.6 Å². The molecule has 0 saturated heterocycles. The minimum absolute atomic E-state index is 0.565. The maximum absolute atomic E-state index is 12.2. The molecule has 72 valence electrons. The van der Waals surface area contributed by atoms with Crippen molar-refractivity contribution in [1.82, 2.24) is 4.98 Å². The molecule has 0 atom stereocenters. The molecule has 13 heavy (non-hydrogen) atoms. The first-order valence-corrected chi connectivity index (χ1v) is 4.74. The van der Waals surface area contributed by atoms with Crippen LogP contribution in [0.15, 0.2) is 12.3 Å². The Morgan fingerprint density at radius 3 is 2.54 bits per heavy atom. The number of nitrogens with zero attached hydrogens (tertiary/aromatic N) is 1. The zero-order valence-electron chi connectivity index (χ0n) is 6.82. The number of pyridine rings is 1. The van der Waals surface area contributed by atoms with Gasteiger partial charge in [-0.2, -0.15) is 13.2 Å². The Morgan fingerprint density at radius 2 is 2.08 bits per heavy atom. The number of aromatic nitrogens is 1. The van der Waals surface area contributed by atoms with Crippen LogP contribution in [0.25, 0.3) is 0 Å². The Kier molecular flexibility index (Phi) is 3.15. The molecule has 0 aromatic carbocycles. The second-order valence-electron chi connectivity index (χ2n) is 2.53. The summed E-state index contributed by atoms with van der Waals surface area (Å²) >= 11 is 1.93. The van der Waals surface area contributed by atoms with E-state index in [1.165, 1.54) is 0 Å². The van der Waals surface area contributed by atoms with E-state index < -0.39 is 11.7 Å². The van der Waals surface area contributed by atoms with E-state index in [0.29, 0.717) is 15.7 Å². The largest absolute Gasteiger partial charge is 0.417 e. The number of aryl methyl sites for hydroxylation is 1. The van der Waals surface area contributed by atoms with Crippen LogP contribution >= 0.6 is 22.6 Å². The number of hydrogen-bond donors (Lipinski definition) is 0. The van der Waals surface area contributed by atoms with E-state index in [0.717, 1.165) is 12.3 Å². The SMILES string of the molecule is CCc1cc(C(F)(F)F)cnc1I. The van der Waals surface area contributed by atoms with Gasteiger partial charge in [-0.3, -0.25) is 0 Å². The highest BCUT2D eigenvalue weighted by Crippen LogP contribution is 2.29. The molecule has 1 aromatic rings. The highest BCUT2D eigenvalue weighted by molar-refractivity contribution is 14.1. The smallest absolute Gasteiger partial charge is 0.249 e. The Bertz CT molecular complexity index is 309. The molecule has 0 N–H and O–H groups in total. The van der Waals surface area contributed by atoms with Gasteiger partial charge in [-0.15, -0.1) is 0 Å². The molecule has 1 heterocycles. The molecule has 0 bridgehead atoms. The molecule has 0 radical (unpaired) electrons. The fourth-order valence-corrected chi connectivity index (χ4v) is 1.57. The molecule has 0 amide bonds. The van der Waals surface area contributed by atoms with Gasteiger partial charge in [-0.1, -0.05) is 6.92 Å². The molecule has 0 saturated carbocycles. The zero-order valence-corrected chi connectivity index (χ0v) is 8.98. The van der Waals surface area contributed by atoms with E-state index in [1.54, 1.807) is 6.92 Å². The molecule has 0 aliphatic carbocycles. The van der Waals surface area contributed by atoms with Gasteiger partial charge < -0.3 is 0 Å². The quantitative estimate of drug-likeness (QED) is 0.573. The number of hydrogen-bond acceptors (Lipinski definition) is 1. The summed E-state index contributed by atoms with van der Waals surface area (Å²) in [6, 6.07) is 1.15. The summed E-state index contributed by atoms with van der Waals surface area (Å²) in [6.07, 6.45) is -2.86. The molecular formula is C8H7F3IN. The molecule has 0 aliphatic heterocycles. The lowest BCUT2D eigenvalue weighted by atomic mass is 10.1. The highest BCUT2D eigenvalue weighted by Gasteiger charge is 2.31. The van der Waals surface area contributed by atoms with Crippen molar-refractivity contribution in [1.29, 1.82) is 0 Å². The normalized spacial score (nSPS) is 11.8. The van der Waals surface area contributed by atoms with Crippen molar-refractivity contribution in [2.75, 3.05) is 0 Å². The summed E-state index contributed by atoms with van der Waals surface area (Å²) < 4.78 is 37.2. The minimum Gasteiger partial charge on any atom is -0.249 e. The van der Waals surface area contributed by atoms with E-state index in [-0.39, 0.29) is 0 Å². The summed E-state index contributed by atoms with van der Waals surface area (Å²) in [4.78, 5) is 3.68. The maximum Gasteiger partial charge on any atom is 0.417 e. The Hall–Kier alpha value is -0.330. The number of halogens is 4. The second kappa shape index (κ2) is 3.81. The summed E-state index contributed by atoms with van der Waals surface area (Å²) in [5, 5.41) is 0. The Morgan fingerprint density at radius 1 is 1.46 bits per heavy atom. The van der Waals surface area contributed by atoms with E-state index in [4.69, 9.17) is 0 Å². The van der Waals surface area contributed by atoms with Crippen LogP contribution in [0.1, 0.15) is 18.1 Å².